The Labute approximate surface area is 116 Å². The molecule has 1 atom stereocenters. The van der Waals surface area contributed by atoms with Gasteiger partial charge < -0.3 is 5.11 Å². The van der Waals surface area contributed by atoms with E-state index in [-0.39, 0.29) is 6.10 Å². The molecule has 3 aromatic rings. The van der Waals surface area contributed by atoms with Gasteiger partial charge in [-0.1, -0.05) is 30.3 Å². The van der Waals surface area contributed by atoms with E-state index in [9.17, 15) is 5.11 Å². The molecule has 98 valence electrons. The lowest BCUT2D eigenvalue weighted by atomic mass is 10.0. The first-order chi connectivity index (χ1) is 9.31. The highest BCUT2D eigenvalue weighted by molar-refractivity contribution is 7.15. The predicted molar refractivity (Wildman–Crippen MR) is 77.5 cm³/mol. The van der Waals surface area contributed by atoms with Crippen LogP contribution in [0.3, 0.4) is 0 Å². The number of imidazole rings is 1. The van der Waals surface area contributed by atoms with Crippen molar-refractivity contribution < 1.29 is 5.11 Å². The number of thiazole rings is 1. The molecule has 0 bridgehead atoms. The predicted octanol–water partition coefficient (Wildman–Crippen LogP) is 2.93. The zero-order chi connectivity index (χ0) is 13.1. The molecule has 0 amide bonds. The van der Waals surface area contributed by atoms with E-state index < -0.39 is 0 Å². The maximum atomic E-state index is 10.1. The lowest BCUT2D eigenvalue weighted by Crippen LogP contribution is -2.11. The Morgan fingerprint density at radius 2 is 2.11 bits per heavy atom. The van der Waals surface area contributed by atoms with Crippen LogP contribution in [-0.2, 0) is 12.8 Å². The van der Waals surface area contributed by atoms with Crippen LogP contribution in [0.4, 0.5) is 0 Å². The molecular formula is C15H16N2OS. The van der Waals surface area contributed by atoms with Crippen molar-refractivity contribution in [2.75, 3.05) is 0 Å². The third-order valence-corrected chi connectivity index (χ3v) is 3.97. The Balaban J connectivity index is 1.56. The van der Waals surface area contributed by atoms with E-state index in [4.69, 9.17) is 0 Å². The second-order valence-corrected chi connectivity index (χ2v) is 5.58. The topological polar surface area (TPSA) is 37.5 Å². The molecule has 1 aromatic carbocycles. The summed E-state index contributed by atoms with van der Waals surface area (Å²) in [5.74, 6) is 0. The zero-order valence-electron chi connectivity index (χ0n) is 10.6. The molecule has 3 rings (SSSR count). The van der Waals surface area contributed by atoms with Gasteiger partial charge in [0.15, 0.2) is 4.96 Å². The van der Waals surface area contributed by atoms with Gasteiger partial charge in [0.05, 0.1) is 11.8 Å². The SMILES string of the molecule is OC(CCc1ccccc1)Cc1cn2ccsc2n1. The molecule has 0 radical (unpaired) electrons. The van der Waals surface area contributed by atoms with E-state index in [1.807, 2.05) is 40.4 Å². The summed E-state index contributed by atoms with van der Waals surface area (Å²) in [6, 6.07) is 10.3. The van der Waals surface area contributed by atoms with Gasteiger partial charge in [0.2, 0.25) is 0 Å². The lowest BCUT2D eigenvalue weighted by molar-refractivity contribution is 0.164. The molecule has 2 aromatic heterocycles. The van der Waals surface area contributed by atoms with Crippen LogP contribution < -0.4 is 0 Å². The van der Waals surface area contributed by atoms with E-state index in [0.717, 1.165) is 23.5 Å². The van der Waals surface area contributed by atoms with Crippen LogP contribution in [0.15, 0.2) is 48.1 Å². The first-order valence-electron chi connectivity index (χ1n) is 6.44. The molecule has 2 heterocycles. The van der Waals surface area contributed by atoms with Gasteiger partial charge in [-0.05, 0) is 18.4 Å². The van der Waals surface area contributed by atoms with Gasteiger partial charge in [-0.3, -0.25) is 4.40 Å². The number of aromatic nitrogens is 2. The number of rotatable bonds is 5. The Morgan fingerprint density at radius 3 is 2.89 bits per heavy atom. The fourth-order valence-corrected chi connectivity index (χ4v) is 2.91. The fourth-order valence-electron chi connectivity index (χ4n) is 2.20. The number of nitrogens with zero attached hydrogens (tertiary/aromatic N) is 2. The normalized spacial score (nSPS) is 12.9. The molecule has 19 heavy (non-hydrogen) atoms. The van der Waals surface area contributed by atoms with Gasteiger partial charge in [-0.2, -0.15) is 0 Å². The molecule has 1 N–H and O–H groups in total. The maximum Gasteiger partial charge on any atom is 0.193 e. The lowest BCUT2D eigenvalue weighted by Gasteiger charge is -2.08. The fraction of sp³-hybridized carbons (Fsp3) is 0.267. The highest BCUT2D eigenvalue weighted by Gasteiger charge is 2.09. The summed E-state index contributed by atoms with van der Waals surface area (Å²) in [5.41, 5.74) is 2.24. The number of aliphatic hydroxyl groups excluding tert-OH is 1. The van der Waals surface area contributed by atoms with Gasteiger partial charge in [-0.15, -0.1) is 11.3 Å². The molecule has 0 aliphatic carbocycles. The number of hydrogen-bond donors (Lipinski definition) is 1. The Bertz CT molecular complexity index is 616. The minimum atomic E-state index is -0.329. The largest absolute Gasteiger partial charge is 0.393 e. The minimum absolute atomic E-state index is 0.329. The standard InChI is InChI=1S/C15H16N2OS/c18-14(7-6-12-4-2-1-3-5-12)10-13-11-17-8-9-19-15(17)16-13/h1-5,8-9,11,14,18H,6-7,10H2. The second-order valence-electron chi connectivity index (χ2n) is 4.71. The second kappa shape index (κ2) is 5.55. The summed E-state index contributed by atoms with van der Waals surface area (Å²) in [6.45, 7) is 0. The summed E-state index contributed by atoms with van der Waals surface area (Å²) in [5, 5.41) is 12.1. The average molecular weight is 272 g/mol. The average Bonchev–Trinajstić information content (AvgIpc) is 2.98. The summed E-state index contributed by atoms with van der Waals surface area (Å²) in [7, 11) is 0. The quantitative estimate of drug-likeness (QED) is 0.775. The highest BCUT2D eigenvalue weighted by atomic mass is 32.1. The zero-order valence-corrected chi connectivity index (χ0v) is 11.4. The van der Waals surface area contributed by atoms with Crippen LogP contribution in [0.25, 0.3) is 4.96 Å². The minimum Gasteiger partial charge on any atom is -0.393 e. The van der Waals surface area contributed by atoms with E-state index in [2.05, 4.69) is 17.1 Å². The summed E-state index contributed by atoms with van der Waals surface area (Å²) in [6.07, 6.45) is 5.97. The third-order valence-electron chi connectivity index (χ3n) is 3.20. The van der Waals surface area contributed by atoms with Gasteiger partial charge in [0, 0.05) is 24.2 Å². The van der Waals surface area contributed by atoms with Crippen LogP contribution >= 0.6 is 11.3 Å². The van der Waals surface area contributed by atoms with Crippen molar-refractivity contribution in [3.05, 3.63) is 59.4 Å². The number of hydrogen-bond acceptors (Lipinski definition) is 3. The molecular weight excluding hydrogens is 256 g/mol. The molecule has 0 saturated heterocycles. The highest BCUT2D eigenvalue weighted by Crippen LogP contribution is 2.14. The molecule has 0 aliphatic rings. The van der Waals surface area contributed by atoms with Crippen LogP contribution in [0, 0.1) is 0 Å². The van der Waals surface area contributed by atoms with Crippen molar-refractivity contribution in [3.63, 3.8) is 0 Å². The van der Waals surface area contributed by atoms with Crippen LogP contribution in [-0.4, -0.2) is 20.6 Å². The van der Waals surface area contributed by atoms with Gasteiger partial charge in [-0.25, -0.2) is 4.98 Å². The Hall–Kier alpha value is -1.65. The monoisotopic (exact) mass is 272 g/mol. The molecule has 0 fully saturated rings. The van der Waals surface area contributed by atoms with Crippen LogP contribution in [0.1, 0.15) is 17.7 Å². The molecule has 0 aliphatic heterocycles. The Morgan fingerprint density at radius 1 is 1.26 bits per heavy atom. The summed E-state index contributed by atoms with van der Waals surface area (Å²) in [4.78, 5) is 5.48. The van der Waals surface area contributed by atoms with Crippen LogP contribution in [0.5, 0.6) is 0 Å². The van der Waals surface area contributed by atoms with E-state index in [1.165, 1.54) is 5.56 Å². The van der Waals surface area contributed by atoms with Gasteiger partial charge in [0.25, 0.3) is 0 Å². The number of fused-ring (bicyclic) bond motifs is 1. The molecule has 4 heteroatoms. The first kappa shape index (κ1) is 12.4. The maximum absolute atomic E-state index is 10.1. The van der Waals surface area contributed by atoms with Gasteiger partial charge in [0.1, 0.15) is 0 Å². The van der Waals surface area contributed by atoms with Crippen LogP contribution in [0.2, 0.25) is 0 Å². The molecule has 0 saturated carbocycles. The van der Waals surface area contributed by atoms with Crippen molar-refractivity contribution in [2.45, 2.75) is 25.4 Å². The van der Waals surface area contributed by atoms with E-state index >= 15 is 0 Å². The first-order valence-corrected chi connectivity index (χ1v) is 7.32. The Kier molecular flexibility index (Phi) is 3.62. The van der Waals surface area contributed by atoms with Crippen molar-refractivity contribution >= 4 is 16.3 Å². The number of aryl methyl sites for hydroxylation is 1. The number of aliphatic hydroxyl groups is 1. The molecule has 0 spiro atoms. The summed E-state index contributed by atoms with van der Waals surface area (Å²) < 4.78 is 2.00. The number of benzene rings is 1. The van der Waals surface area contributed by atoms with E-state index in [1.54, 1.807) is 11.3 Å². The third kappa shape index (κ3) is 3.03. The van der Waals surface area contributed by atoms with Crippen molar-refractivity contribution in [1.29, 1.82) is 0 Å². The smallest absolute Gasteiger partial charge is 0.193 e. The van der Waals surface area contributed by atoms with Crippen molar-refractivity contribution in [2.24, 2.45) is 0 Å². The van der Waals surface area contributed by atoms with Gasteiger partial charge >= 0.3 is 0 Å². The van der Waals surface area contributed by atoms with Crippen molar-refractivity contribution in [3.8, 4) is 0 Å². The molecule has 3 nitrogen and oxygen atoms in total. The summed E-state index contributed by atoms with van der Waals surface area (Å²) >= 11 is 1.62. The van der Waals surface area contributed by atoms with Crippen molar-refractivity contribution in [1.82, 2.24) is 9.38 Å². The van der Waals surface area contributed by atoms with E-state index in [0.29, 0.717) is 6.42 Å². The molecule has 1 unspecified atom stereocenters.